The molecule has 2 aromatic rings. The summed E-state index contributed by atoms with van der Waals surface area (Å²) in [5.41, 5.74) is 0.724. The van der Waals surface area contributed by atoms with Crippen LogP contribution in [0.5, 0.6) is 0 Å². The van der Waals surface area contributed by atoms with E-state index in [1.54, 1.807) is 37.3 Å². The smallest absolute Gasteiger partial charge is 0.270 e. The number of nitrogens with one attached hydrogen (secondary N) is 3. The summed E-state index contributed by atoms with van der Waals surface area (Å²) in [5, 5.41) is 26.3. The van der Waals surface area contributed by atoms with E-state index in [1.807, 2.05) is 6.07 Å². The Morgan fingerprint density at radius 2 is 2.00 bits per heavy atom. The second-order valence-electron chi connectivity index (χ2n) is 7.20. The summed E-state index contributed by atoms with van der Waals surface area (Å²) in [5.74, 6) is -0.789. The van der Waals surface area contributed by atoms with E-state index in [0.717, 1.165) is 30.8 Å². The third kappa shape index (κ3) is 5.86. The van der Waals surface area contributed by atoms with E-state index in [9.17, 15) is 19.6 Å². The number of hydrogen-bond donors (Lipinski definition) is 3. The second-order valence-corrected chi connectivity index (χ2v) is 8.23. The molecule has 0 radical (unpaired) electrons. The number of amides is 2. The maximum Gasteiger partial charge on any atom is 0.270 e. The average molecular weight is 466 g/mol. The maximum atomic E-state index is 12.8. The van der Waals surface area contributed by atoms with Crippen LogP contribution in [0, 0.1) is 22.7 Å². The number of likely N-dealkylation sites (tertiary alicyclic amines) is 1. The highest BCUT2D eigenvalue weighted by Gasteiger charge is 2.17. The Morgan fingerprint density at radius 3 is 2.64 bits per heavy atom. The minimum atomic E-state index is -0.705. The van der Waals surface area contributed by atoms with Gasteiger partial charge in [-0.1, -0.05) is 6.07 Å². The van der Waals surface area contributed by atoms with Crippen LogP contribution in [0.25, 0.3) is 11.8 Å². The number of carbonyl (C=O) groups is 2. The minimum absolute atomic E-state index is 0.0844. The molecule has 170 valence electrons. The molecular formula is C22H23N7O3S. The Morgan fingerprint density at radius 1 is 1.24 bits per heavy atom. The SMILES string of the molecule is CCn1c(=C(C#N)C(=O)NCC#N)sc(=CNc2cccc(NC(=O)CN3CCC3)c2)c1=O. The van der Waals surface area contributed by atoms with Crippen molar-refractivity contribution in [1.82, 2.24) is 14.8 Å². The molecule has 0 bridgehead atoms. The highest BCUT2D eigenvalue weighted by atomic mass is 32.1. The number of nitriles is 2. The number of carbonyl (C=O) groups excluding carboxylic acids is 2. The van der Waals surface area contributed by atoms with Crippen molar-refractivity contribution in [3.05, 3.63) is 43.8 Å². The number of thiazole rings is 1. The summed E-state index contributed by atoms with van der Waals surface area (Å²) in [4.78, 5) is 39.2. The fourth-order valence-corrected chi connectivity index (χ4v) is 4.26. The van der Waals surface area contributed by atoms with Gasteiger partial charge in [0.1, 0.15) is 21.8 Å². The lowest BCUT2D eigenvalue weighted by Crippen LogP contribution is -2.42. The van der Waals surface area contributed by atoms with Crippen LogP contribution in [-0.4, -0.2) is 47.5 Å². The van der Waals surface area contributed by atoms with E-state index in [2.05, 4.69) is 20.9 Å². The third-order valence-corrected chi connectivity index (χ3v) is 6.07. The summed E-state index contributed by atoms with van der Waals surface area (Å²) >= 11 is 1.01. The number of nitrogens with zero attached hydrogens (tertiary/aromatic N) is 4. The quantitative estimate of drug-likeness (QED) is 0.456. The third-order valence-electron chi connectivity index (χ3n) is 4.94. The van der Waals surface area contributed by atoms with Gasteiger partial charge in [-0.15, -0.1) is 11.3 Å². The molecule has 0 unspecified atom stereocenters. The molecule has 0 aliphatic carbocycles. The molecule has 1 aliphatic heterocycles. The van der Waals surface area contributed by atoms with Gasteiger partial charge in [-0.05, 0) is 44.6 Å². The van der Waals surface area contributed by atoms with Gasteiger partial charge in [0.15, 0.2) is 5.57 Å². The van der Waals surface area contributed by atoms with E-state index < -0.39 is 5.91 Å². The molecule has 1 aromatic heterocycles. The molecule has 0 atom stereocenters. The molecule has 1 saturated heterocycles. The molecular weight excluding hydrogens is 442 g/mol. The number of benzene rings is 1. The Hall–Kier alpha value is -3.93. The van der Waals surface area contributed by atoms with Crippen LogP contribution in [0.4, 0.5) is 11.4 Å². The normalized spacial score (nSPS) is 14.5. The van der Waals surface area contributed by atoms with Gasteiger partial charge in [0, 0.05) is 24.1 Å². The largest absolute Gasteiger partial charge is 0.360 e. The molecule has 11 heteroatoms. The number of anilines is 2. The zero-order valence-corrected chi connectivity index (χ0v) is 18.9. The highest BCUT2D eigenvalue weighted by molar-refractivity contribution is 7.07. The summed E-state index contributed by atoms with van der Waals surface area (Å²) in [7, 11) is 0. The van der Waals surface area contributed by atoms with Crippen LogP contribution in [0.1, 0.15) is 13.3 Å². The van der Waals surface area contributed by atoms with Crippen molar-refractivity contribution >= 4 is 46.3 Å². The molecule has 33 heavy (non-hydrogen) atoms. The lowest BCUT2D eigenvalue weighted by Gasteiger charge is -2.29. The Kier molecular flexibility index (Phi) is 7.97. The van der Waals surface area contributed by atoms with Crippen molar-refractivity contribution in [2.75, 3.05) is 36.8 Å². The van der Waals surface area contributed by atoms with Crippen LogP contribution < -0.4 is 30.7 Å². The Balaban J connectivity index is 1.84. The van der Waals surface area contributed by atoms with Gasteiger partial charge < -0.3 is 16.0 Å². The summed E-state index contributed by atoms with van der Waals surface area (Å²) in [6, 6.07) is 10.7. The van der Waals surface area contributed by atoms with Gasteiger partial charge in [-0.2, -0.15) is 10.5 Å². The Bertz CT molecular complexity index is 1310. The van der Waals surface area contributed by atoms with Crippen LogP contribution in [0.3, 0.4) is 0 Å². The topological polar surface area (TPSA) is 143 Å². The van der Waals surface area contributed by atoms with Crippen molar-refractivity contribution in [2.45, 2.75) is 19.9 Å². The first-order valence-electron chi connectivity index (χ1n) is 10.3. The van der Waals surface area contributed by atoms with E-state index >= 15 is 0 Å². The van der Waals surface area contributed by atoms with Gasteiger partial charge in [-0.25, -0.2) is 0 Å². The number of hydrogen-bond acceptors (Lipinski definition) is 8. The summed E-state index contributed by atoms with van der Waals surface area (Å²) in [6.45, 7) is 4.01. The fourth-order valence-electron chi connectivity index (χ4n) is 3.18. The lowest BCUT2D eigenvalue weighted by molar-refractivity contribution is -0.118. The van der Waals surface area contributed by atoms with E-state index in [4.69, 9.17) is 5.26 Å². The molecule has 1 fully saturated rings. The van der Waals surface area contributed by atoms with E-state index in [1.165, 1.54) is 10.8 Å². The fraction of sp³-hybridized carbons (Fsp3) is 0.318. The zero-order chi connectivity index (χ0) is 23.8. The lowest BCUT2D eigenvalue weighted by atomic mass is 10.2. The van der Waals surface area contributed by atoms with Gasteiger partial charge in [0.2, 0.25) is 5.91 Å². The number of aromatic nitrogens is 1. The Labute approximate surface area is 194 Å². The molecule has 3 N–H and O–H groups in total. The van der Waals surface area contributed by atoms with Gasteiger partial charge in [-0.3, -0.25) is 23.9 Å². The van der Waals surface area contributed by atoms with Gasteiger partial charge in [0.25, 0.3) is 11.5 Å². The van der Waals surface area contributed by atoms with E-state index in [-0.39, 0.29) is 34.8 Å². The average Bonchev–Trinajstić information content (AvgIpc) is 3.09. The predicted molar refractivity (Wildman–Crippen MR) is 125 cm³/mol. The molecule has 0 saturated carbocycles. The van der Waals surface area contributed by atoms with Gasteiger partial charge in [0.05, 0.1) is 12.6 Å². The van der Waals surface area contributed by atoms with Crippen LogP contribution in [0.15, 0.2) is 29.1 Å². The summed E-state index contributed by atoms with van der Waals surface area (Å²) < 4.78 is 1.87. The highest BCUT2D eigenvalue weighted by Crippen LogP contribution is 2.15. The van der Waals surface area contributed by atoms with Crippen molar-refractivity contribution in [1.29, 1.82) is 10.5 Å². The molecule has 1 aromatic carbocycles. The first kappa shape index (κ1) is 23.7. The first-order valence-corrected chi connectivity index (χ1v) is 11.2. The van der Waals surface area contributed by atoms with Crippen molar-refractivity contribution in [3.8, 4) is 12.1 Å². The predicted octanol–water partition coefficient (Wildman–Crippen LogP) is -0.262. The van der Waals surface area contributed by atoms with Crippen molar-refractivity contribution < 1.29 is 9.59 Å². The number of rotatable bonds is 8. The van der Waals surface area contributed by atoms with Crippen LogP contribution in [-0.2, 0) is 16.1 Å². The minimum Gasteiger partial charge on any atom is -0.360 e. The molecule has 10 nitrogen and oxygen atoms in total. The molecule has 0 spiro atoms. The zero-order valence-electron chi connectivity index (χ0n) is 18.1. The first-order chi connectivity index (χ1) is 16.0. The standard InChI is InChI=1S/C22H23N7O3S/c1-2-29-21(32)18(33-22(29)17(12-24)20(31)25-8-7-23)13-26-15-5-3-6-16(11-15)27-19(30)14-28-9-4-10-28/h3,5-6,11,13,26H,2,4,8-10,14H2,1H3,(H,25,31)(H,27,30). The molecule has 2 heterocycles. The molecule has 2 amide bonds. The molecule has 3 rings (SSSR count). The summed E-state index contributed by atoms with van der Waals surface area (Å²) in [6.07, 6.45) is 2.62. The van der Waals surface area contributed by atoms with E-state index in [0.29, 0.717) is 22.5 Å². The van der Waals surface area contributed by atoms with Crippen LogP contribution >= 0.6 is 11.3 Å². The van der Waals surface area contributed by atoms with Crippen molar-refractivity contribution in [2.24, 2.45) is 0 Å². The second kappa shape index (κ2) is 11.1. The molecule has 1 aliphatic rings. The van der Waals surface area contributed by atoms with Crippen LogP contribution in [0.2, 0.25) is 0 Å². The maximum absolute atomic E-state index is 12.8. The monoisotopic (exact) mass is 465 g/mol. The van der Waals surface area contributed by atoms with Crippen molar-refractivity contribution in [3.63, 3.8) is 0 Å². The van der Waals surface area contributed by atoms with Gasteiger partial charge >= 0.3 is 0 Å².